The Morgan fingerprint density at radius 2 is 1.97 bits per heavy atom. The van der Waals surface area contributed by atoms with Crippen LogP contribution in [0.3, 0.4) is 0 Å². The van der Waals surface area contributed by atoms with E-state index in [1.165, 1.54) is 6.08 Å². The van der Waals surface area contributed by atoms with Gasteiger partial charge in [0, 0.05) is 59.4 Å². The Labute approximate surface area is 175 Å². The molecule has 6 heteroatoms. The van der Waals surface area contributed by atoms with Crippen LogP contribution in [0.15, 0.2) is 49.3 Å². The standard InChI is InChI=1S/C24H25N5O/c1-7-21(30)28(5)18-10-8-9-17(11-18)23-15(3)27-24-22(23)14(2)19(12-25-24)20-13-26-29(6)16(20)4/h7-13H,1H2,2-6H3,(H,25,27). The van der Waals surface area contributed by atoms with Crippen LogP contribution in [0.1, 0.15) is 17.0 Å². The van der Waals surface area contributed by atoms with Gasteiger partial charge in [0.05, 0.1) is 6.20 Å². The van der Waals surface area contributed by atoms with Gasteiger partial charge >= 0.3 is 0 Å². The van der Waals surface area contributed by atoms with E-state index in [0.717, 1.165) is 55.9 Å². The smallest absolute Gasteiger partial charge is 0.250 e. The lowest BCUT2D eigenvalue weighted by molar-refractivity contribution is -0.113. The predicted molar refractivity (Wildman–Crippen MR) is 122 cm³/mol. The van der Waals surface area contributed by atoms with Gasteiger partial charge in [0.2, 0.25) is 5.91 Å². The van der Waals surface area contributed by atoms with Crippen molar-refractivity contribution in [3.63, 3.8) is 0 Å². The zero-order valence-corrected chi connectivity index (χ0v) is 17.9. The lowest BCUT2D eigenvalue weighted by atomic mass is 9.95. The molecule has 0 spiro atoms. The van der Waals surface area contributed by atoms with Gasteiger partial charge in [-0.2, -0.15) is 5.10 Å². The molecule has 0 fully saturated rings. The summed E-state index contributed by atoms with van der Waals surface area (Å²) in [6, 6.07) is 7.98. The van der Waals surface area contributed by atoms with E-state index >= 15 is 0 Å². The maximum atomic E-state index is 12.1. The minimum atomic E-state index is -0.144. The normalized spacial score (nSPS) is 11.1. The van der Waals surface area contributed by atoms with E-state index in [2.05, 4.69) is 43.5 Å². The third-order valence-electron chi connectivity index (χ3n) is 5.82. The highest BCUT2D eigenvalue weighted by Crippen LogP contribution is 2.38. The van der Waals surface area contributed by atoms with Crippen LogP contribution in [-0.2, 0) is 11.8 Å². The number of rotatable bonds is 4. The van der Waals surface area contributed by atoms with Crippen LogP contribution in [0, 0.1) is 20.8 Å². The molecule has 152 valence electrons. The Kier molecular flexibility index (Phi) is 4.78. The number of nitrogens with one attached hydrogen (secondary N) is 1. The van der Waals surface area contributed by atoms with E-state index in [1.54, 1.807) is 11.9 Å². The molecule has 0 aliphatic heterocycles. The van der Waals surface area contributed by atoms with Crippen molar-refractivity contribution >= 4 is 22.6 Å². The molecule has 4 rings (SSSR count). The fraction of sp³-hybridized carbons (Fsp3) is 0.208. The van der Waals surface area contributed by atoms with Crippen molar-refractivity contribution in [1.29, 1.82) is 0 Å². The second-order valence-corrected chi connectivity index (χ2v) is 7.56. The van der Waals surface area contributed by atoms with E-state index in [1.807, 2.05) is 42.3 Å². The molecule has 0 aliphatic carbocycles. The van der Waals surface area contributed by atoms with Gasteiger partial charge < -0.3 is 9.88 Å². The SMILES string of the molecule is C=CC(=O)N(C)c1cccc(-c2c(C)[nH]c3ncc(-c4cnn(C)c4C)c(C)c23)c1. The van der Waals surface area contributed by atoms with Gasteiger partial charge in [0.15, 0.2) is 0 Å². The molecule has 3 aromatic heterocycles. The molecule has 0 radical (unpaired) electrons. The van der Waals surface area contributed by atoms with Crippen LogP contribution in [0.2, 0.25) is 0 Å². The molecule has 6 nitrogen and oxygen atoms in total. The summed E-state index contributed by atoms with van der Waals surface area (Å²) in [6.07, 6.45) is 5.12. The first-order valence-corrected chi connectivity index (χ1v) is 9.81. The molecule has 0 atom stereocenters. The number of aryl methyl sites for hydroxylation is 3. The second kappa shape index (κ2) is 7.30. The molecule has 0 unspecified atom stereocenters. The molecule has 0 bridgehead atoms. The number of benzene rings is 1. The monoisotopic (exact) mass is 399 g/mol. The summed E-state index contributed by atoms with van der Waals surface area (Å²) in [7, 11) is 3.69. The van der Waals surface area contributed by atoms with Crippen molar-refractivity contribution in [1.82, 2.24) is 19.7 Å². The topological polar surface area (TPSA) is 66.8 Å². The summed E-state index contributed by atoms with van der Waals surface area (Å²) in [6.45, 7) is 9.82. The number of aromatic amines is 1. The van der Waals surface area contributed by atoms with Crippen molar-refractivity contribution < 1.29 is 4.79 Å². The molecule has 0 aliphatic rings. The summed E-state index contributed by atoms with van der Waals surface area (Å²) in [5.74, 6) is -0.144. The molecular weight excluding hydrogens is 374 g/mol. The zero-order chi connectivity index (χ0) is 21.6. The van der Waals surface area contributed by atoms with Gasteiger partial charge in [-0.3, -0.25) is 9.48 Å². The number of aromatic nitrogens is 4. The quantitative estimate of drug-likeness (QED) is 0.506. The van der Waals surface area contributed by atoms with Crippen molar-refractivity contribution in [3.05, 3.63) is 66.3 Å². The van der Waals surface area contributed by atoms with Crippen molar-refractivity contribution in [2.24, 2.45) is 7.05 Å². The van der Waals surface area contributed by atoms with Gasteiger partial charge in [0.25, 0.3) is 0 Å². The molecule has 1 N–H and O–H groups in total. The number of amides is 1. The lowest BCUT2D eigenvalue weighted by Gasteiger charge is -2.16. The molecule has 30 heavy (non-hydrogen) atoms. The number of pyridine rings is 1. The number of carbonyl (C=O) groups excluding carboxylic acids is 1. The van der Waals surface area contributed by atoms with Crippen LogP contribution in [0.25, 0.3) is 33.3 Å². The first-order chi connectivity index (χ1) is 14.3. The summed E-state index contributed by atoms with van der Waals surface area (Å²) in [5.41, 5.74) is 9.24. The number of hydrogen-bond donors (Lipinski definition) is 1. The van der Waals surface area contributed by atoms with E-state index in [9.17, 15) is 4.79 Å². The Bertz CT molecular complexity index is 1290. The highest BCUT2D eigenvalue weighted by Gasteiger charge is 2.19. The predicted octanol–water partition coefficient (Wildman–Crippen LogP) is 4.70. The number of likely N-dealkylation sites (N-methyl/N-ethyl adjacent to an activating group) is 1. The first-order valence-electron chi connectivity index (χ1n) is 9.81. The largest absolute Gasteiger partial charge is 0.343 e. The van der Waals surface area contributed by atoms with E-state index < -0.39 is 0 Å². The van der Waals surface area contributed by atoms with Gasteiger partial charge in [-0.1, -0.05) is 18.7 Å². The van der Waals surface area contributed by atoms with Crippen LogP contribution < -0.4 is 4.90 Å². The molecule has 1 aromatic carbocycles. The molecule has 1 amide bonds. The highest BCUT2D eigenvalue weighted by molar-refractivity contribution is 6.03. The summed E-state index contributed by atoms with van der Waals surface area (Å²) in [5, 5.41) is 5.48. The zero-order valence-electron chi connectivity index (χ0n) is 17.9. The summed E-state index contributed by atoms with van der Waals surface area (Å²) < 4.78 is 1.87. The number of fused-ring (bicyclic) bond motifs is 1. The number of hydrogen-bond acceptors (Lipinski definition) is 3. The average Bonchev–Trinajstić information content (AvgIpc) is 3.26. The highest BCUT2D eigenvalue weighted by atomic mass is 16.2. The van der Waals surface area contributed by atoms with Crippen LogP contribution in [0.4, 0.5) is 5.69 Å². The molecule has 0 saturated carbocycles. The first kappa shape index (κ1) is 19.6. The minimum Gasteiger partial charge on any atom is -0.343 e. The molecule has 0 saturated heterocycles. The third kappa shape index (κ3) is 3.01. The minimum absolute atomic E-state index is 0.144. The fourth-order valence-electron chi connectivity index (χ4n) is 3.96. The molecule has 3 heterocycles. The van der Waals surface area contributed by atoms with E-state index in [4.69, 9.17) is 4.98 Å². The van der Waals surface area contributed by atoms with Gasteiger partial charge in [0.1, 0.15) is 5.65 Å². The van der Waals surface area contributed by atoms with Crippen molar-refractivity contribution in [2.75, 3.05) is 11.9 Å². The molecule has 4 aromatic rings. The fourth-order valence-corrected chi connectivity index (χ4v) is 3.96. The number of nitrogens with zero attached hydrogens (tertiary/aromatic N) is 4. The van der Waals surface area contributed by atoms with Crippen LogP contribution in [0.5, 0.6) is 0 Å². The van der Waals surface area contributed by atoms with Crippen molar-refractivity contribution in [3.8, 4) is 22.3 Å². The Balaban J connectivity index is 1.93. The third-order valence-corrected chi connectivity index (χ3v) is 5.82. The summed E-state index contributed by atoms with van der Waals surface area (Å²) >= 11 is 0. The number of carbonyl (C=O) groups is 1. The number of H-pyrrole nitrogens is 1. The lowest BCUT2D eigenvalue weighted by Crippen LogP contribution is -2.23. The Hall–Kier alpha value is -3.67. The van der Waals surface area contributed by atoms with Crippen LogP contribution >= 0.6 is 0 Å². The molecular formula is C24H25N5O. The van der Waals surface area contributed by atoms with Crippen molar-refractivity contribution in [2.45, 2.75) is 20.8 Å². The van der Waals surface area contributed by atoms with Gasteiger partial charge in [-0.05, 0) is 50.1 Å². The Morgan fingerprint density at radius 1 is 1.20 bits per heavy atom. The van der Waals surface area contributed by atoms with Crippen LogP contribution in [-0.4, -0.2) is 32.7 Å². The van der Waals surface area contributed by atoms with Gasteiger partial charge in [-0.25, -0.2) is 4.98 Å². The number of anilines is 1. The second-order valence-electron chi connectivity index (χ2n) is 7.56. The van der Waals surface area contributed by atoms with E-state index in [-0.39, 0.29) is 5.91 Å². The average molecular weight is 399 g/mol. The Morgan fingerprint density at radius 3 is 2.63 bits per heavy atom. The maximum Gasteiger partial charge on any atom is 0.250 e. The summed E-state index contributed by atoms with van der Waals surface area (Å²) in [4.78, 5) is 21.8. The van der Waals surface area contributed by atoms with Gasteiger partial charge in [-0.15, -0.1) is 0 Å². The maximum absolute atomic E-state index is 12.1. The van der Waals surface area contributed by atoms with E-state index in [0.29, 0.717) is 0 Å².